The predicted molar refractivity (Wildman–Crippen MR) is 65.4 cm³/mol. The first-order valence-corrected chi connectivity index (χ1v) is 5.50. The quantitative estimate of drug-likeness (QED) is 0.849. The van der Waals surface area contributed by atoms with Crippen molar-refractivity contribution in [3.8, 4) is 0 Å². The molecule has 0 spiro atoms. The Hall–Kier alpha value is -2.44. The second-order valence-corrected chi connectivity index (χ2v) is 3.55. The molecule has 0 fully saturated rings. The minimum atomic E-state index is -0.322. The molecule has 18 heavy (non-hydrogen) atoms. The van der Waals surface area contributed by atoms with E-state index in [0.717, 1.165) is 0 Å². The summed E-state index contributed by atoms with van der Waals surface area (Å²) in [4.78, 5) is 19.9. The summed E-state index contributed by atoms with van der Waals surface area (Å²) < 4.78 is 4.83. The van der Waals surface area contributed by atoms with Gasteiger partial charge in [-0.05, 0) is 19.9 Å². The fourth-order valence-corrected chi connectivity index (χ4v) is 1.44. The van der Waals surface area contributed by atoms with E-state index in [1.807, 2.05) is 6.92 Å². The van der Waals surface area contributed by atoms with E-state index in [4.69, 9.17) is 4.52 Å². The summed E-state index contributed by atoms with van der Waals surface area (Å²) in [5, 5.41) is 9.18. The Balaban J connectivity index is 2.18. The van der Waals surface area contributed by atoms with Crippen molar-refractivity contribution in [3.05, 3.63) is 29.8 Å². The van der Waals surface area contributed by atoms with Crippen molar-refractivity contribution < 1.29 is 9.32 Å². The zero-order valence-electron chi connectivity index (χ0n) is 10.1. The molecular weight excluding hydrogens is 234 g/mol. The van der Waals surface area contributed by atoms with E-state index in [1.165, 1.54) is 0 Å². The fourth-order valence-electron chi connectivity index (χ4n) is 1.44. The average Bonchev–Trinajstić information content (AvgIpc) is 2.76. The van der Waals surface area contributed by atoms with Crippen LogP contribution in [0.4, 0.5) is 11.7 Å². The Bertz CT molecular complexity index is 552. The number of hydrogen-bond acceptors (Lipinski definition) is 6. The molecule has 0 unspecified atom stereocenters. The van der Waals surface area contributed by atoms with Gasteiger partial charge in [-0.1, -0.05) is 5.16 Å². The average molecular weight is 247 g/mol. The van der Waals surface area contributed by atoms with Crippen molar-refractivity contribution in [2.75, 3.05) is 17.2 Å². The molecule has 0 aliphatic heterocycles. The van der Waals surface area contributed by atoms with E-state index in [9.17, 15) is 4.79 Å². The second kappa shape index (κ2) is 5.26. The van der Waals surface area contributed by atoms with Gasteiger partial charge in [-0.25, -0.2) is 0 Å². The van der Waals surface area contributed by atoms with E-state index in [1.54, 1.807) is 25.4 Å². The first-order chi connectivity index (χ1) is 8.70. The summed E-state index contributed by atoms with van der Waals surface area (Å²) in [5.74, 6) is 0.143. The van der Waals surface area contributed by atoms with Crippen LogP contribution in [-0.4, -0.2) is 27.6 Å². The Morgan fingerprint density at radius 3 is 3.00 bits per heavy atom. The summed E-state index contributed by atoms with van der Waals surface area (Å²) in [6.45, 7) is 4.32. The second-order valence-electron chi connectivity index (χ2n) is 3.55. The third-order valence-electron chi connectivity index (χ3n) is 2.18. The monoisotopic (exact) mass is 247 g/mol. The smallest absolute Gasteiger partial charge is 0.328 e. The summed E-state index contributed by atoms with van der Waals surface area (Å²) >= 11 is 0. The Morgan fingerprint density at radius 2 is 2.33 bits per heavy atom. The molecule has 0 saturated heterocycles. The maximum Gasteiger partial charge on any atom is 0.328 e. The predicted octanol–water partition coefficient (Wildman–Crippen LogP) is 1.46. The number of carbonyl (C=O) groups excluding carboxylic acids is 1. The third kappa shape index (κ3) is 2.62. The summed E-state index contributed by atoms with van der Waals surface area (Å²) in [6.07, 6.45) is 3.15. The Labute approximate surface area is 104 Å². The number of nitrogens with zero attached hydrogens (tertiary/aromatic N) is 3. The highest BCUT2D eigenvalue weighted by molar-refractivity contribution is 6.06. The highest BCUT2D eigenvalue weighted by Crippen LogP contribution is 2.15. The number of carbonyl (C=O) groups is 1. The van der Waals surface area contributed by atoms with Crippen molar-refractivity contribution in [3.63, 3.8) is 0 Å². The van der Waals surface area contributed by atoms with Gasteiger partial charge in [0.15, 0.2) is 5.82 Å². The largest absolute Gasteiger partial charge is 0.383 e. The van der Waals surface area contributed by atoms with Crippen LogP contribution in [0.3, 0.4) is 0 Å². The van der Waals surface area contributed by atoms with Crippen LogP contribution < -0.4 is 10.6 Å². The van der Waals surface area contributed by atoms with E-state index in [-0.39, 0.29) is 11.9 Å². The molecule has 1 amide bonds. The summed E-state index contributed by atoms with van der Waals surface area (Å²) in [5.41, 5.74) is 1.14. The molecule has 7 nitrogen and oxygen atoms in total. The fraction of sp³-hybridized carbons (Fsp3) is 0.273. The molecular formula is C11H13N5O2. The van der Waals surface area contributed by atoms with Gasteiger partial charge in [-0.2, -0.15) is 4.98 Å². The molecule has 2 N–H and O–H groups in total. The lowest BCUT2D eigenvalue weighted by Crippen LogP contribution is -2.15. The highest BCUT2D eigenvalue weighted by Gasteiger charge is 2.13. The topological polar surface area (TPSA) is 92.9 Å². The number of aryl methyl sites for hydroxylation is 1. The molecule has 2 aromatic heterocycles. The summed E-state index contributed by atoms with van der Waals surface area (Å²) in [7, 11) is 0. The van der Waals surface area contributed by atoms with Crippen molar-refractivity contribution in [1.29, 1.82) is 0 Å². The first kappa shape index (κ1) is 12.0. The van der Waals surface area contributed by atoms with Crippen LogP contribution in [0.5, 0.6) is 0 Å². The Kier molecular flexibility index (Phi) is 3.52. The third-order valence-corrected chi connectivity index (χ3v) is 2.18. The number of nitrogens with one attached hydrogen (secondary N) is 2. The van der Waals surface area contributed by atoms with Crippen molar-refractivity contribution in [2.45, 2.75) is 13.8 Å². The summed E-state index contributed by atoms with van der Waals surface area (Å²) in [6, 6.07) is 1.70. The molecule has 94 valence electrons. The van der Waals surface area contributed by atoms with Crippen LogP contribution in [0.15, 0.2) is 23.0 Å². The number of pyridine rings is 1. The zero-order chi connectivity index (χ0) is 13.0. The van der Waals surface area contributed by atoms with E-state index >= 15 is 0 Å². The molecule has 2 heterocycles. The van der Waals surface area contributed by atoms with Gasteiger partial charge in [0.2, 0.25) is 0 Å². The number of amides is 1. The number of hydrogen-bond donors (Lipinski definition) is 2. The number of anilines is 2. The molecule has 0 atom stereocenters. The molecule has 0 aliphatic rings. The molecule has 0 radical (unpaired) electrons. The van der Waals surface area contributed by atoms with E-state index < -0.39 is 0 Å². The van der Waals surface area contributed by atoms with Crippen molar-refractivity contribution in [2.24, 2.45) is 0 Å². The number of aromatic nitrogens is 3. The van der Waals surface area contributed by atoms with Gasteiger partial charge < -0.3 is 9.84 Å². The minimum Gasteiger partial charge on any atom is -0.383 e. The van der Waals surface area contributed by atoms with Crippen LogP contribution in [-0.2, 0) is 0 Å². The molecule has 2 rings (SSSR count). The van der Waals surface area contributed by atoms with Crippen molar-refractivity contribution >= 4 is 17.6 Å². The lowest BCUT2D eigenvalue weighted by Gasteiger charge is -2.08. The maximum atomic E-state index is 12.0. The van der Waals surface area contributed by atoms with Crippen LogP contribution in [0, 0.1) is 6.92 Å². The lowest BCUT2D eigenvalue weighted by atomic mass is 10.2. The lowest BCUT2D eigenvalue weighted by molar-refractivity contribution is 0.102. The molecule has 0 saturated carbocycles. The maximum absolute atomic E-state index is 12.0. The van der Waals surface area contributed by atoms with Gasteiger partial charge in [0.1, 0.15) is 0 Å². The molecule has 2 aromatic rings. The molecule has 0 bridgehead atoms. The van der Waals surface area contributed by atoms with E-state index in [0.29, 0.717) is 23.6 Å². The van der Waals surface area contributed by atoms with Crippen LogP contribution in [0.1, 0.15) is 23.1 Å². The Morgan fingerprint density at radius 1 is 1.50 bits per heavy atom. The van der Waals surface area contributed by atoms with Gasteiger partial charge in [0.05, 0.1) is 17.4 Å². The van der Waals surface area contributed by atoms with Crippen molar-refractivity contribution in [1.82, 2.24) is 15.1 Å². The zero-order valence-corrected chi connectivity index (χ0v) is 10.1. The molecule has 0 aliphatic carbocycles. The minimum absolute atomic E-state index is 0.0803. The van der Waals surface area contributed by atoms with E-state index in [2.05, 4.69) is 25.8 Å². The molecule has 7 heteroatoms. The van der Waals surface area contributed by atoms with Gasteiger partial charge in [0.25, 0.3) is 5.91 Å². The van der Waals surface area contributed by atoms with Crippen LogP contribution >= 0.6 is 0 Å². The SMILES string of the molecule is CCNc1cnccc1C(=O)Nc1nc(C)no1. The highest BCUT2D eigenvalue weighted by atomic mass is 16.5. The standard InChI is InChI=1S/C11H13N5O2/c1-3-13-9-6-12-5-4-8(9)10(17)15-11-14-7(2)16-18-11/h4-6,13H,3H2,1-2H3,(H,14,15,16,17). The van der Waals surface area contributed by atoms with Gasteiger partial charge >= 0.3 is 6.01 Å². The van der Waals surface area contributed by atoms with Gasteiger partial charge in [-0.3, -0.25) is 15.1 Å². The normalized spacial score (nSPS) is 10.1. The van der Waals surface area contributed by atoms with Crippen LogP contribution in [0.2, 0.25) is 0 Å². The number of rotatable bonds is 4. The van der Waals surface area contributed by atoms with Gasteiger partial charge in [-0.15, -0.1) is 0 Å². The first-order valence-electron chi connectivity index (χ1n) is 5.50. The van der Waals surface area contributed by atoms with Gasteiger partial charge in [0, 0.05) is 12.7 Å². The molecule has 0 aromatic carbocycles. The van der Waals surface area contributed by atoms with Crippen LogP contribution in [0.25, 0.3) is 0 Å².